The van der Waals surface area contributed by atoms with Gasteiger partial charge in [0.2, 0.25) is 0 Å². The van der Waals surface area contributed by atoms with Crippen LogP contribution in [0, 0.1) is 6.92 Å². The van der Waals surface area contributed by atoms with Gasteiger partial charge in [-0.3, -0.25) is 0 Å². The normalized spacial score (nSPS) is 12.2. The smallest absolute Gasteiger partial charge is 0.152 e. The van der Waals surface area contributed by atoms with E-state index in [1.165, 1.54) is 5.56 Å². The van der Waals surface area contributed by atoms with E-state index >= 15 is 0 Å². The first kappa shape index (κ1) is 13.4. The summed E-state index contributed by atoms with van der Waals surface area (Å²) in [5, 5.41) is 3.88. The van der Waals surface area contributed by atoms with Gasteiger partial charge in [0.25, 0.3) is 0 Å². The van der Waals surface area contributed by atoms with E-state index in [-0.39, 0.29) is 6.04 Å². The maximum Gasteiger partial charge on any atom is 0.152 e. The molecule has 0 radical (unpaired) electrons. The van der Waals surface area contributed by atoms with Crippen LogP contribution in [0.4, 0.5) is 5.69 Å². The molecule has 0 aliphatic carbocycles. The molecule has 94 valence electrons. The van der Waals surface area contributed by atoms with Gasteiger partial charge in [-0.15, -0.1) is 0 Å². The van der Waals surface area contributed by atoms with Crippen LogP contribution in [0.1, 0.15) is 24.1 Å². The SMILES string of the molecule is Cc1cnc(Cl)c(NC(C)c2ccc(Br)cc2)c1. The molecule has 0 amide bonds. The first-order chi connectivity index (χ1) is 8.56. The second-order valence-electron chi connectivity index (χ2n) is 4.27. The fourth-order valence-electron chi connectivity index (χ4n) is 1.72. The van der Waals surface area contributed by atoms with Crippen molar-refractivity contribution >= 4 is 33.2 Å². The summed E-state index contributed by atoms with van der Waals surface area (Å²) < 4.78 is 1.08. The highest BCUT2D eigenvalue weighted by molar-refractivity contribution is 9.10. The van der Waals surface area contributed by atoms with Crippen molar-refractivity contribution in [3.05, 3.63) is 57.3 Å². The number of halogens is 2. The second kappa shape index (κ2) is 5.72. The Balaban J connectivity index is 2.18. The number of hydrogen-bond acceptors (Lipinski definition) is 2. The van der Waals surface area contributed by atoms with E-state index in [2.05, 4.69) is 45.3 Å². The molecule has 0 aliphatic heterocycles. The second-order valence-corrected chi connectivity index (χ2v) is 5.54. The lowest BCUT2D eigenvalue weighted by molar-refractivity contribution is 0.882. The van der Waals surface area contributed by atoms with Crippen LogP contribution in [0.5, 0.6) is 0 Å². The maximum atomic E-state index is 6.07. The maximum absolute atomic E-state index is 6.07. The average Bonchev–Trinajstić information content (AvgIpc) is 2.34. The minimum Gasteiger partial charge on any atom is -0.376 e. The molecule has 4 heteroatoms. The van der Waals surface area contributed by atoms with E-state index in [4.69, 9.17) is 11.6 Å². The van der Waals surface area contributed by atoms with Crippen LogP contribution in [0.15, 0.2) is 41.0 Å². The Morgan fingerprint density at radius 3 is 2.61 bits per heavy atom. The summed E-state index contributed by atoms with van der Waals surface area (Å²) in [7, 11) is 0. The molecule has 2 aromatic rings. The molecule has 18 heavy (non-hydrogen) atoms. The number of nitrogens with one attached hydrogen (secondary N) is 1. The monoisotopic (exact) mass is 324 g/mol. The molecule has 1 heterocycles. The largest absolute Gasteiger partial charge is 0.376 e. The van der Waals surface area contributed by atoms with E-state index in [1.807, 2.05) is 25.1 Å². The number of aromatic nitrogens is 1. The molecule has 2 nitrogen and oxygen atoms in total. The molecule has 0 fully saturated rings. The Labute approximate surface area is 121 Å². The van der Waals surface area contributed by atoms with Gasteiger partial charge < -0.3 is 5.32 Å². The summed E-state index contributed by atoms with van der Waals surface area (Å²) in [5.41, 5.74) is 3.16. The van der Waals surface area contributed by atoms with Gasteiger partial charge in [-0.2, -0.15) is 0 Å². The quantitative estimate of drug-likeness (QED) is 0.805. The summed E-state index contributed by atoms with van der Waals surface area (Å²) in [6.07, 6.45) is 1.76. The van der Waals surface area contributed by atoms with E-state index in [9.17, 15) is 0 Å². The van der Waals surface area contributed by atoms with Gasteiger partial charge >= 0.3 is 0 Å². The Hall–Kier alpha value is -1.06. The minimum atomic E-state index is 0.180. The average molecular weight is 326 g/mol. The number of benzene rings is 1. The van der Waals surface area contributed by atoms with Crippen LogP contribution < -0.4 is 5.32 Å². The Kier molecular flexibility index (Phi) is 4.25. The van der Waals surface area contributed by atoms with Gasteiger partial charge in [-0.1, -0.05) is 39.7 Å². The van der Waals surface area contributed by atoms with Crippen molar-refractivity contribution in [3.8, 4) is 0 Å². The van der Waals surface area contributed by atoms with Crippen molar-refractivity contribution < 1.29 is 0 Å². The number of aryl methyl sites for hydroxylation is 1. The molecular formula is C14H14BrClN2. The predicted molar refractivity (Wildman–Crippen MR) is 80.2 cm³/mol. The minimum absolute atomic E-state index is 0.180. The summed E-state index contributed by atoms with van der Waals surface area (Å²) in [6, 6.07) is 10.4. The number of anilines is 1. The molecule has 0 spiro atoms. The molecule has 0 saturated carbocycles. The molecule has 1 atom stereocenters. The zero-order valence-electron chi connectivity index (χ0n) is 10.2. The van der Waals surface area contributed by atoms with Gasteiger partial charge in [-0.25, -0.2) is 4.98 Å². The highest BCUT2D eigenvalue weighted by Gasteiger charge is 2.08. The first-order valence-corrected chi connectivity index (χ1v) is 6.87. The predicted octanol–water partition coefficient (Wildman–Crippen LogP) is 4.98. The van der Waals surface area contributed by atoms with Crippen LogP contribution in [0.25, 0.3) is 0 Å². The molecule has 0 bridgehead atoms. The molecular weight excluding hydrogens is 312 g/mol. The third-order valence-corrected chi connectivity index (χ3v) is 3.55. The molecule has 1 unspecified atom stereocenters. The zero-order chi connectivity index (χ0) is 13.1. The van der Waals surface area contributed by atoms with Crippen molar-refractivity contribution in [1.82, 2.24) is 4.98 Å². The summed E-state index contributed by atoms with van der Waals surface area (Å²) in [4.78, 5) is 4.13. The summed E-state index contributed by atoms with van der Waals surface area (Å²) >= 11 is 9.50. The fraction of sp³-hybridized carbons (Fsp3) is 0.214. The van der Waals surface area contributed by atoms with E-state index in [1.54, 1.807) is 6.20 Å². The van der Waals surface area contributed by atoms with Crippen molar-refractivity contribution in [2.45, 2.75) is 19.9 Å². The van der Waals surface area contributed by atoms with Crippen LogP contribution in [-0.2, 0) is 0 Å². The van der Waals surface area contributed by atoms with Crippen molar-refractivity contribution in [3.63, 3.8) is 0 Å². The topological polar surface area (TPSA) is 24.9 Å². The molecule has 1 N–H and O–H groups in total. The number of nitrogens with zero attached hydrogens (tertiary/aromatic N) is 1. The van der Waals surface area contributed by atoms with Gasteiger partial charge in [0, 0.05) is 16.7 Å². The fourth-order valence-corrected chi connectivity index (χ4v) is 2.14. The molecule has 1 aromatic carbocycles. The zero-order valence-corrected chi connectivity index (χ0v) is 12.6. The standard InChI is InChI=1S/C14H14BrClN2/c1-9-7-13(14(16)17-8-9)18-10(2)11-3-5-12(15)6-4-11/h3-8,10,18H,1-2H3. The highest BCUT2D eigenvalue weighted by atomic mass is 79.9. The van der Waals surface area contributed by atoms with E-state index < -0.39 is 0 Å². The Morgan fingerprint density at radius 2 is 1.94 bits per heavy atom. The summed E-state index contributed by atoms with van der Waals surface area (Å²) in [5.74, 6) is 0. The molecule has 2 rings (SSSR count). The van der Waals surface area contributed by atoms with Crippen LogP contribution in [-0.4, -0.2) is 4.98 Å². The van der Waals surface area contributed by atoms with Crippen LogP contribution in [0.2, 0.25) is 5.15 Å². The van der Waals surface area contributed by atoms with Crippen LogP contribution in [0.3, 0.4) is 0 Å². The summed E-state index contributed by atoms with van der Waals surface area (Å²) in [6.45, 7) is 4.10. The lowest BCUT2D eigenvalue weighted by Crippen LogP contribution is -2.07. The lowest BCUT2D eigenvalue weighted by Gasteiger charge is -2.16. The third kappa shape index (κ3) is 3.24. The number of hydrogen-bond donors (Lipinski definition) is 1. The Morgan fingerprint density at radius 1 is 1.28 bits per heavy atom. The van der Waals surface area contributed by atoms with Gasteiger partial charge in [0.15, 0.2) is 5.15 Å². The number of pyridine rings is 1. The van der Waals surface area contributed by atoms with E-state index in [0.717, 1.165) is 15.7 Å². The molecule has 0 saturated heterocycles. The van der Waals surface area contributed by atoms with Crippen LogP contribution >= 0.6 is 27.5 Å². The van der Waals surface area contributed by atoms with Gasteiger partial charge in [0.1, 0.15) is 0 Å². The van der Waals surface area contributed by atoms with Gasteiger partial charge in [-0.05, 0) is 43.2 Å². The van der Waals surface area contributed by atoms with E-state index in [0.29, 0.717) is 5.15 Å². The van der Waals surface area contributed by atoms with Gasteiger partial charge in [0.05, 0.1) is 5.69 Å². The van der Waals surface area contributed by atoms with Crippen molar-refractivity contribution in [2.75, 3.05) is 5.32 Å². The van der Waals surface area contributed by atoms with Crippen molar-refractivity contribution in [1.29, 1.82) is 0 Å². The Bertz CT molecular complexity index is 540. The number of rotatable bonds is 3. The highest BCUT2D eigenvalue weighted by Crippen LogP contribution is 2.25. The lowest BCUT2D eigenvalue weighted by atomic mass is 10.1. The third-order valence-electron chi connectivity index (χ3n) is 2.72. The molecule has 1 aromatic heterocycles. The molecule has 0 aliphatic rings. The first-order valence-electron chi connectivity index (χ1n) is 5.70. The van der Waals surface area contributed by atoms with Crippen molar-refractivity contribution in [2.24, 2.45) is 0 Å².